The molecule has 6 rings (SSSR count). The Labute approximate surface area is 184 Å². The number of halogens is 4. The van der Waals surface area contributed by atoms with Gasteiger partial charge in [0.25, 0.3) is 11.8 Å². The van der Waals surface area contributed by atoms with Gasteiger partial charge in [0.1, 0.15) is 29.2 Å². The van der Waals surface area contributed by atoms with Gasteiger partial charge in [0.15, 0.2) is 11.4 Å². The number of benzene rings is 1. The number of piperidine rings is 2. The number of carbonyl (C=O) groups is 2. The van der Waals surface area contributed by atoms with E-state index >= 15 is 0 Å². The maximum absolute atomic E-state index is 14.5. The summed E-state index contributed by atoms with van der Waals surface area (Å²) in [5, 5.41) is 12.6. The second-order valence-electron chi connectivity index (χ2n) is 8.68. The van der Waals surface area contributed by atoms with E-state index < -0.39 is 70.3 Å². The van der Waals surface area contributed by atoms with Crippen LogP contribution in [0.5, 0.6) is 5.75 Å². The molecule has 4 atom stereocenters. The molecule has 0 spiro atoms. The van der Waals surface area contributed by atoms with Crippen LogP contribution in [0.25, 0.3) is 0 Å². The number of rotatable bonds is 3. The third kappa shape index (κ3) is 3.28. The lowest BCUT2D eigenvalue weighted by molar-refractivity contribution is -0.0561. The van der Waals surface area contributed by atoms with E-state index in [1.165, 1.54) is 4.57 Å². The number of fused-ring (bicyclic) bond motifs is 3. The average Bonchev–Trinajstić information content (AvgIpc) is 2.75. The Kier molecular flexibility index (Phi) is 4.95. The first kappa shape index (κ1) is 21.5. The van der Waals surface area contributed by atoms with E-state index in [1.807, 2.05) is 0 Å². The van der Waals surface area contributed by atoms with Crippen molar-refractivity contribution in [1.29, 1.82) is 0 Å². The molecule has 4 aliphatic rings. The predicted molar refractivity (Wildman–Crippen MR) is 106 cm³/mol. The molecule has 3 aliphatic heterocycles. The summed E-state index contributed by atoms with van der Waals surface area (Å²) in [4.78, 5) is 39.9. The van der Waals surface area contributed by atoms with Crippen LogP contribution in [0.1, 0.15) is 45.7 Å². The van der Waals surface area contributed by atoms with Crippen LogP contribution in [0.3, 0.4) is 0 Å². The topological polar surface area (TPSA) is 91.6 Å². The lowest BCUT2D eigenvalue weighted by Gasteiger charge is -2.54. The number of carbonyl (C=O) groups excluding carboxylic acids is 2. The molecule has 2 aromatic rings. The molecule has 4 heterocycles. The highest BCUT2D eigenvalue weighted by molar-refractivity contribution is 5.99. The van der Waals surface area contributed by atoms with Gasteiger partial charge < -0.3 is 19.9 Å². The molecule has 7 nitrogen and oxygen atoms in total. The number of aromatic nitrogens is 1. The van der Waals surface area contributed by atoms with Crippen molar-refractivity contribution in [2.75, 3.05) is 0 Å². The van der Waals surface area contributed by atoms with E-state index in [9.17, 15) is 37.1 Å². The summed E-state index contributed by atoms with van der Waals surface area (Å²) in [5.41, 5.74) is -2.54. The largest absolute Gasteiger partial charge is 0.503 e. The zero-order valence-electron chi connectivity index (χ0n) is 17.2. The molecule has 33 heavy (non-hydrogen) atoms. The number of aromatic hydroxyl groups is 1. The van der Waals surface area contributed by atoms with Crippen molar-refractivity contribution >= 4 is 11.8 Å². The zero-order valence-corrected chi connectivity index (χ0v) is 17.2. The van der Waals surface area contributed by atoms with Crippen molar-refractivity contribution in [3.63, 3.8) is 0 Å². The lowest BCUT2D eigenvalue weighted by atomic mass is 9.72. The second-order valence-corrected chi connectivity index (χ2v) is 8.68. The fourth-order valence-corrected chi connectivity index (χ4v) is 5.33. The van der Waals surface area contributed by atoms with Crippen LogP contribution in [0.2, 0.25) is 0 Å². The zero-order chi connectivity index (χ0) is 23.6. The van der Waals surface area contributed by atoms with Crippen LogP contribution >= 0.6 is 0 Å². The van der Waals surface area contributed by atoms with Gasteiger partial charge in [-0.1, -0.05) is 0 Å². The molecule has 2 N–H and O–H groups in total. The van der Waals surface area contributed by atoms with Crippen LogP contribution in [0.4, 0.5) is 17.6 Å². The molecule has 2 saturated heterocycles. The number of nitrogens with one attached hydrogen (secondary N) is 1. The first-order chi connectivity index (χ1) is 15.7. The molecule has 3 fully saturated rings. The van der Waals surface area contributed by atoms with E-state index in [0.717, 1.165) is 6.20 Å². The van der Waals surface area contributed by atoms with Gasteiger partial charge in [-0.3, -0.25) is 14.4 Å². The van der Waals surface area contributed by atoms with Crippen LogP contribution in [-0.2, 0) is 13.1 Å². The van der Waals surface area contributed by atoms with Crippen LogP contribution in [0.15, 0.2) is 23.1 Å². The molecular weight excluding hydrogens is 446 g/mol. The third-order valence-corrected chi connectivity index (χ3v) is 6.89. The Hall–Kier alpha value is -3.37. The second kappa shape index (κ2) is 7.60. The Morgan fingerprint density at radius 3 is 2.52 bits per heavy atom. The van der Waals surface area contributed by atoms with Gasteiger partial charge in [-0.2, -0.15) is 0 Å². The monoisotopic (exact) mass is 465 g/mol. The lowest BCUT2D eigenvalue weighted by Crippen LogP contribution is -2.65. The minimum atomic E-state index is -1.21. The number of pyridine rings is 1. The van der Waals surface area contributed by atoms with Gasteiger partial charge in [0, 0.05) is 48.9 Å². The number of hydrogen-bond acceptors (Lipinski definition) is 4. The predicted octanol–water partition coefficient (Wildman–Crippen LogP) is 2.25. The van der Waals surface area contributed by atoms with Gasteiger partial charge >= 0.3 is 0 Å². The maximum Gasteiger partial charge on any atom is 0.275 e. The van der Waals surface area contributed by atoms with E-state index in [1.54, 1.807) is 4.90 Å². The van der Waals surface area contributed by atoms with Gasteiger partial charge in [-0.05, 0) is 19.3 Å². The van der Waals surface area contributed by atoms with Crippen molar-refractivity contribution in [2.24, 2.45) is 5.92 Å². The maximum atomic E-state index is 14.5. The number of nitrogens with zero attached hydrogens (tertiary/aromatic N) is 2. The summed E-state index contributed by atoms with van der Waals surface area (Å²) in [6, 6.07) is 0.136. The fraction of sp³-hybridized carbons (Fsp3) is 0.409. The highest BCUT2D eigenvalue weighted by Crippen LogP contribution is 2.44. The van der Waals surface area contributed by atoms with E-state index in [-0.39, 0.29) is 30.6 Å². The quantitative estimate of drug-likeness (QED) is 0.681. The highest BCUT2D eigenvalue weighted by Gasteiger charge is 2.52. The minimum absolute atomic E-state index is 0.0952. The molecule has 2 unspecified atom stereocenters. The standard InChI is InChI=1S/C22H19F4N3O4/c23-9-3-14(24)12(15(25)4-9)6-27-21(32)13-7-28-8-17-11-2-1-10(5-16(11)26)29(17)22(33)18(28)20(31)19(13)30/h3-4,7,10-11,16-17,31H,1-2,5-6,8H2,(H,27,32)/t10-,11?,16?,17+/m1/s1. The van der Waals surface area contributed by atoms with E-state index in [4.69, 9.17) is 0 Å². The van der Waals surface area contributed by atoms with Gasteiger partial charge in [-0.15, -0.1) is 0 Å². The van der Waals surface area contributed by atoms with Gasteiger partial charge in [0.2, 0.25) is 5.43 Å². The van der Waals surface area contributed by atoms with Gasteiger partial charge in [0.05, 0.1) is 6.04 Å². The normalized spacial score (nSPS) is 25.6. The highest BCUT2D eigenvalue weighted by atomic mass is 19.1. The Bertz CT molecular complexity index is 1220. The summed E-state index contributed by atoms with van der Waals surface area (Å²) in [5.74, 6) is -6.47. The molecule has 0 radical (unpaired) electrons. The first-order valence-corrected chi connectivity index (χ1v) is 10.5. The molecule has 1 saturated carbocycles. The van der Waals surface area contributed by atoms with Crippen molar-refractivity contribution in [3.05, 3.63) is 62.8 Å². The Balaban J connectivity index is 1.46. The summed E-state index contributed by atoms with van der Waals surface area (Å²) < 4.78 is 56.4. The molecule has 174 valence electrons. The van der Waals surface area contributed by atoms with Crippen molar-refractivity contribution < 1.29 is 32.3 Å². The summed E-state index contributed by atoms with van der Waals surface area (Å²) in [7, 11) is 0. The summed E-state index contributed by atoms with van der Waals surface area (Å²) >= 11 is 0. The number of amides is 2. The van der Waals surface area contributed by atoms with E-state index in [0.29, 0.717) is 25.0 Å². The molecular formula is C22H19F4N3O4. The van der Waals surface area contributed by atoms with Gasteiger partial charge in [-0.25, -0.2) is 17.6 Å². The first-order valence-electron chi connectivity index (χ1n) is 10.5. The molecule has 11 heteroatoms. The van der Waals surface area contributed by atoms with Crippen LogP contribution in [-0.4, -0.2) is 44.6 Å². The fourth-order valence-electron chi connectivity index (χ4n) is 5.33. The smallest absolute Gasteiger partial charge is 0.275 e. The molecule has 1 aromatic carbocycles. The molecule has 1 aliphatic carbocycles. The number of alkyl halides is 1. The summed E-state index contributed by atoms with van der Waals surface area (Å²) in [6.45, 7) is -0.584. The minimum Gasteiger partial charge on any atom is -0.503 e. The van der Waals surface area contributed by atoms with Crippen molar-refractivity contribution in [1.82, 2.24) is 14.8 Å². The molecule has 2 bridgehead atoms. The van der Waals surface area contributed by atoms with E-state index in [2.05, 4.69) is 5.32 Å². The Morgan fingerprint density at radius 1 is 1.15 bits per heavy atom. The average molecular weight is 465 g/mol. The van der Waals surface area contributed by atoms with Crippen LogP contribution in [0, 0.1) is 23.4 Å². The summed E-state index contributed by atoms with van der Waals surface area (Å²) in [6.07, 6.45) is 1.51. The SMILES string of the molecule is O=C(NCc1c(F)cc(F)cc1F)c1cn2c(c(O)c1=O)C(=O)N1[C@@H]3CCC(C(F)C3)[C@@H]1C2. The van der Waals surface area contributed by atoms with Crippen molar-refractivity contribution in [2.45, 2.75) is 50.6 Å². The third-order valence-electron chi connectivity index (χ3n) is 6.89. The molecule has 2 amide bonds. The number of hydrogen-bond donors (Lipinski definition) is 2. The van der Waals surface area contributed by atoms with Crippen LogP contribution < -0.4 is 10.7 Å². The van der Waals surface area contributed by atoms with Crippen molar-refractivity contribution in [3.8, 4) is 5.75 Å². The molecule has 1 aromatic heterocycles. The Morgan fingerprint density at radius 2 is 1.85 bits per heavy atom.